The first-order valence-corrected chi connectivity index (χ1v) is 9.52. The van der Waals surface area contributed by atoms with Crippen LogP contribution in [-0.2, 0) is 9.47 Å². The fourth-order valence-corrected chi connectivity index (χ4v) is 3.65. The van der Waals surface area contributed by atoms with Gasteiger partial charge >= 0.3 is 6.16 Å². The topological polar surface area (TPSA) is 35.5 Å². The van der Waals surface area contributed by atoms with Crippen molar-refractivity contribution in [1.82, 2.24) is 0 Å². The van der Waals surface area contributed by atoms with Gasteiger partial charge in [0.2, 0.25) is 0 Å². The van der Waals surface area contributed by atoms with Gasteiger partial charge in [0, 0.05) is 0 Å². The lowest BCUT2D eigenvalue weighted by atomic mass is 9.75. The third-order valence-electron chi connectivity index (χ3n) is 5.26. The molecule has 1 aliphatic carbocycles. The molecular weight excluding hydrogens is 312 g/mol. The summed E-state index contributed by atoms with van der Waals surface area (Å²) in [4.78, 5) is 12.0. The molecule has 0 saturated heterocycles. The van der Waals surface area contributed by atoms with Gasteiger partial charge in [0.1, 0.15) is 12.7 Å². The zero-order chi connectivity index (χ0) is 18.2. The average molecular weight is 344 g/mol. The van der Waals surface area contributed by atoms with Crippen LogP contribution in [-0.4, -0.2) is 18.9 Å². The van der Waals surface area contributed by atoms with Crippen LogP contribution in [0, 0.1) is 17.8 Å². The zero-order valence-corrected chi connectivity index (χ0v) is 16.0. The molecule has 1 aromatic carbocycles. The van der Waals surface area contributed by atoms with Gasteiger partial charge in [-0.05, 0) is 42.1 Å². The number of allylic oxidation sites excluding steroid dienone is 1. The van der Waals surface area contributed by atoms with E-state index in [2.05, 4.69) is 45.9 Å². The third-order valence-corrected chi connectivity index (χ3v) is 5.26. The van der Waals surface area contributed by atoms with Crippen molar-refractivity contribution in [2.75, 3.05) is 6.61 Å². The maximum absolute atomic E-state index is 12.0. The summed E-state index contributed by atoms with van der Waals surface area (Å²) in [6.45, 7) is 9.02. The summed E-state index contributed by atoms with van der Waals surface area (Å²) in [6, 6.07) is 10.3. The van der Waals surface area contributed by atoms with Crippen LogP contribution >= 0.6 is 0 Å². The number of ether oxygens (including phenoxy) is 2. The van der Waals surface area contributed by atoms with E-state index in [-0.39, 0.29) is 12.7 Å². The molecule has 1 saturated carbocycles. The minimum absolute atomic E-state index is 0.0107. The zero-order valence-electron chi connectivity index (χ0n) is 16.0. The van der Waals surface area contributed by atoms with Gasteiger partial charge in [-0.3, -0.25) is 0 Å². The Bertz CT molecular complexity index is 550. The third kappa shape index (κ3) is 6.22. The fourth-order valence-electron chi connectivity index (χ4n) is 3.65. The van der Waals surface area contributed by atoms with Crippen LogP contribution in [0.1, 0.15) is 58.4 Å². The van der Waals surface area contributed by atoms with Crippen LogP contribution < -0.4 is 0 Å². The molecule has 3 nitrogen and oxygen atoms in total. The van der Waals surface area contributed by atoms with Crippen LogP contribution in [0.5, 0.6) is 0 Å². The summed E-state index contributed by atoms with van der Waals surface area (Å²) in [7, 11) is 0. The van der Waals surface area contributed by atoms with E-state index in [1.807, 2.05) is 24.3 Å². The summed E-state index contributed by atoms with van der Waals surface area (Å²) in [5.41, 5.74) is 1.25. The molecule has 2 rings (SSSR count). The molecule has 0 spiro atoms. The predicted octanol–water partition coefficient (Wildman–Crippen LogP) is 5.96. The number of carbonyl (C=O) groups is 1. The van der Waals surface area contributed by atoms with E-state index in [9.17, 15) is 4.79 Å². The molecule has 0 heterocycles. The number of hydrogen-bond acceptors (Lipinski definition) is 3. The Kier molecular flexibility index (Phi) is 7.54. The first-order chi connectivity index (χ1) is 12.0. The van der Waals surface area contributed by atoms with Gasteiger partial charge in [-0.15, -0.1) is 0 Å². The van der Waals surface area contributed by atoms with E-state index in [0.29, 0.717) is 23.7 Å². The second-order valence-corrected chi connectivity index (χ2v) is 7.67. The Morgan fingerprint density at radius 2 is 1.92 bits per heavy atom. The van der Waals surface area contributed by atoms with Gasteiger partial charge in [-0.25, -0.2) is 4.79 Å². The van der Waals surface area contributed by atoms with Crippen LogP contribution in [0.3, 0.4) is 0 Å². The van der Waals surface area contributed by atoms with E-state index < -0.39 is 6.16 Å². The van der Waals surface area contributed by atoms with E-state index in [4.69, 9.17) is 9.47 Å². The highest BCUT2D eigenvalue weighted by Gasteiger charge is 2.33. The first kappa shape index (κ1) is 19.6. The van der Waals surface area contributed by atoms with Crippen molar-refractivity contribution in [1.29, 1.82) is 0 Å². The molecule has 0 radical (unpaired) electrons. The highest BCUT2D eigenvalue weighted by atomic mass is 16.7. The summed E-state index contributed by atoms with van der Waals surface area (Å²) in [6.07, 6.45) is 6.69. The monoisotopic (exact) mass is 344 g/mol. The molecule has 0 N–H and O–H groups in total. The molecule has 25 heavy (non-hydrogen) atoms. The number of rotatable bonds is 6. The maximum Gasteiger partial charge on any atom is 0.508 e. The van der Waals surface area contributed by atoms with E-state index in [0.717, 1.165) is 12.8 Å². The normalized spacial score (nSPS) is 25.1. The fraction of sp³-hybridized carbons (Fsp3) is 0.591. The van der Waals surface area contributed by atoms with Crippen molar-refractivity contribution in [2.24, 2.45) is 17.8 Å². The first-order valence-electron chi connectivity index (χ1n) is 9.52. The maximum atomic E-state index is 12.0. The van der Waals surface area contributed by atoms with Gasteiger partial charge in [0.15, 0.2) is 0 Å². The van der Waals surface area contributed by atoms with E-state index >= 15 is 0 Å². The Hall–Kier alpha value is -1.77. The van der Waals surface area contributed by atoms with Gasteiger partial charge in [-0.1, -0.05) is 76.6 Å². The molecule has 4 unspecified atom stereocenters. The largest absolute Gasteiger partial charge is 0.508 e. The molecule has 0 amide bonds. The Labute approximate surface area is 152 Å². The van der Waals surface area contributed by atoms with Crippen molar-refractivity contribution in [2.45, 2.75) is 59.0 Å². The van der Waals surface area contributed by atoms with Crippen molar-refractivity contribution < 1.29 is 14.3 Å². The number of benzene rings is 1. The Morgan fingerprint density at radius 3 is 2.60 bits per heavy atom. The molecule has 3 heteroatoms. The molecule has 4 atom stereocenters. The van der Waals surface area contributed by atoms with Crippen molar-refractivity contribution in [3.05, 3.63) is 48.0 Å². The summed E-state index contributed by atoms with van der Waals surface area (Å²) in [5.74, 6) is 1.87. The van der Waals surface area contributed by atoms with Gasteiger partial charge in [0.25, 0.3) is 0 Å². The lowest BCUT2D eigenvalue weighted by Gasteiger charge is -2.36. The summed E-state index contributed by atoms with van der Waals surface area (Å²) >= 11 is 0. The smallest absolute Gasteiger partial charge is 0.431 e. The highest BCUT2D eigenvalue weighted by molar-refractivity contribution is 5.60. The Morgan fingerprint density at radius 1 is 1.20 bits per heavy atom. The van der Waals surface area contributed by atoms with Crippen molar-refractivity contribution in [3.8, 4) is 0 Å². The molecule has 0 bridgehead atoms. The quantitative estimate of drug-likeness (QED) is 0.472. The van der Waals surface area contributed by atoms with Gasteiger partial charge in [0.05, 0.1) is 0 Å². The summed E-state index contributed by atoms with van der Waals surface area (Å²) in [5, 5.41) is 0. The second-order valence-electron chi connectivity index (χ2n) is 7.67. The number of hydrogen-bond donors (Lipinski definition) is 0. The lowest BCUT2D eigenvalue weighted by molar-refractivity contribution is -0.0287. The van der Waals surface area contributed by atoms with E-state index in [1.54, 1.807) is 0 Å². The molecule has 138 valence electrons. The molecule has 0 aromatic heterocycles. The SMILES string of the molecule is CC1CCC(C(C)C)C(OC(=O)OCC=CC(C)c2ccccc2)C1. The van der Waals surface area contributed by atoms with Crippen LogP contribution in [0.2, 0.25) is 0 Å². The Balaban J connectivity index is 1.77. The van der Waals surface area contributed by atoms with Gasteiger partial charge in [-0.2, -0.15) is 0 Å². The molecular formula is C22H32O3. The molecule has 0 aliphatic heterocycles. The van der Waals surface area contributed by atoms with Gasteiger partial charge < -0.3 is 9.47 Å². The standard InChI is InChI=1S/C22H32O3/c1-16(2)20-13-12-17(3)15-21(20)25-22(23)24-14-8-9-18(4)19-10-6-5-7-11-19/h5-11,16-18,20-21H,12-15H2,1-4H3. The minimum Gasteiger partial charge on any atom is -0.431 e. The highest BCUT2D eigenvalue weighted by Crippen LogP contribution is 2.35. The van der Waals surface area contributed by atoms with Crippen molar-refractivity contribution >= 4 is 6.16 Å². The molecule has 1 aromatic rings. The van der Waals surface area contributed by atoms with E-state index in [1.165, 1.54) is 12.0 Å². The number of carbonyl (C=O) groups excluding carboxylic acids is 1. The molecule has 1 fully saturated rings. The van der Waals surface area contributed by atoms with Crippen LogP contribution in [0.4, 0.5) is 4.79 Å². The van der Waals surface area contributed by atoms with Crippen molar-refractivity contribution in [3.63, 3.8) is 0 Å². The second kappa shape index (κ2) is 9.65. The lowest BCUT2D eigenvalue weighted by Crippen LogP contribution is -2.36. The predicted molar refractivity (Wildman–Crippen MR) is 102 cm³/mol. The van der Waals surface area contributed by atoms with Crippen LogP contribution in [0.15, 0.2) is 42.5 Å². The molecule has 1 aliphatic rings. The summed E-state index contributed by atoms with van der Waals surface area (Å²) < 4.78 is 10.9. The minimum atomic E-state index is -0.540. The average Bonchev–Trinajstić information content (AvgIpc) is 2.59. The van der Waals surface area contributed by atoms with Crippen LogP contribution in [0.25, 0.3) is 0 Å².